The Kier molecular flexibility index (Phi) is 4.36. The molecule has 1 aliphatic rings. The zero-order chi connectivity index (χ0) is 19.7. The van der Waals surface area contributed by atoms with Gasteiger partial charge in [0.15, 0.2) is 5.82 Å². The molecule has 0 fully saturated rings. The summed E-state index contributed by atoms with van der Waals surface area (Å²) < 4.78 is 0. The van der Waals surface area contributed by atoms with Crippen LogP contribution in [0.25, 0.3) is 11.3 Å². The van der Waals surface area contributed by atoms with Crippen LogP contribution in [-0.2, 0) is 11.2 Å². The van der Waals surface area contributed by atoms with Crippen molar-refractivity contribution in [2.75, 3.05) is 5.32 Å². The second-order valence-electron chi connectivity index (χ2n) is 6.40. The molecule has 2 aromatic heterocycles. The van der Waals surface area contributed by atoms with Gasteiger partial charge in [0.05, 0.1) is 23.2 Å². The van der Waals surface area contributed by atoms with Gasteiger partial charge < -0.3 is 5.32 Å². The van der Waals surface area contributed by atoms with Gasteiger partial charge in [0.2, 0.25) is 5.91 Å². The molecule has 2 N–H and O–H groups in total. The molecular weight excluding hydrogens is 358 g/mol. The Bertz CT molecular complexity index is 1090. The number of hydrogen-bond donors (Lipinski definition) is 2. The Balaban J connectivity index is 1.51. The van der Waals surface area contributed by atoms with Crippen molar-refractivity contribution in [1.29, 1.82) is 0 Å². The van der Waals surface area contributed by atoms with Crippen LogP contribution in [0, 0.1) is 6.92 Å². The number of imide groups is 1. The number of anilines is 1. The van der Waals surface area contributed by atoms with Gasteiger partial charge in [-0.25, -0.2) is 0 Å². The summed E-state index contributed by atoms with van der Waals surface area (Å²) >= 11 is 0. The second-order valence-corrected chi connectivity index (χ2v) is 6.40. The number of fused-ring (bicyclic) bond motifs is 1. The monoisotopic (exact) mass is 373 g/mol. The average Bonchev–Trinajstić information content (AvgIpc) is 2.96. The number of carbonyl (C=O) groups is 3. The van der Waals surface area contributed by atoms with Crippen molar-refractivity contribution in [2.45, 2.75) is 13.3 Å². The topological polar surface area (TPSA) is 114 Å². The van der Waals surface area contributed by atoms with E-state index in [1.54, 1.807) is 49.6 Å². The maximum atomic E-state index is 12.4. The number of nitrogens with one attached hydrogen (secondary N) is 2. The number of benzene rings is 1. The molecule has 8 nitrogen and oxygen atoms in total. The predicted octanol–water partition coefficient (Wildman–Crippen LogP) is 1.91. The quantitative estimate of drug-likeness (QED) is 0.675. The van der Waals surface area contributed by atoms with E-state index in [1.165, 1.54) is 0 Å². The van der Waals surface area contributed by atoms with Gasteiger partial charge >= 0.3 is 0 Å². The van der Waals surface area contributed by atoms with E-state index in [0.717, 1.165) is 11.1 Å². The van der Waals surface area contributed by atoms with Crippen LogP contribution in [0.3, 0.4) is 0 Å². The molecule has 0 bridgehead atoms. The highest BCUT2D eigenvalue weighted by atomic mass is 16.2. The third-order valence-electron chi connectivity index (χ3n) is 4.30. The number of aryl methyl sites for hydroxylation is 1. The van der Waals surface area contributed by atoms with Gasteiger partial charge in [0, 0.05) is 18.0 Å². The minimum absolute atomic E-state index is 0.0588. The van der Waals surface area contributed by atoms with Crippen LogP contribution in [0.4, 0.5) is 5.82 Å². The molecule has 0 spiro atoms. The number of nitrogens with zero attached hydrogens (tertiary/aromatic N) is 3. The first kappa shape index (κ1) is 17.5. The average molecular weight is 373 g/mol. The smallest absolute Gasteiger partial charge is 0.259 e. The van der Waals surface area contributed by atoms with Gasteiger partial charge in [-0.2, -0.15) is 0 Å². The molecule has 0 saturated heterocycles. The summed E-state index contributed by atoms with van der Waals surface area (Å²) in [6.45, 7) is 1.81. The lowest BCUT2D eigenvalue weighted by molar-refractivity contribution is -0.115. The van der Waals surface area contributed by atoms with E-state index in [0.29, 0.717) is 22.6 Å². The summed E-state index contributed by atoms with van der Waals surface area (Å²) in [4.78, 5) is 40.3. The van der Waals surface area contributed by atoms with Crippen LogP contribution < -0.4 is 10.6 Å². The number of pyridine rings is 1. The third kappa shape index (κ3) is 3.35. The maximum absolute atomic E-state index is 12.4. The van der Waals surface area contributed by atoms with Crippen LogP contribution in [0.2, 0.25) is 0 Å². The lowest BCUT2D eigenvalue weighted by Gasteiger charge is -2.08. The SMILES string of the molecule is Cc1cc(CC(=O)Nc2ccc(-c3cccnc3)nn2)c2c(c1)C(=O)NC2=O. The van der Waals surface area contributed by atoms with E-state index < -0.39 is 11.8 Å². The molecule has 1 aliphatic heterocycles. The van der Waals surface area contributed by atoms with Crippen LogP contribution in [0.1, 0.15) is 31.8 Å². The molecule has 138 valence electrons. The van der Waals surface area contributed by atoms with Crippen molar-refractivity contribution in [1.82, 2.24) is 20.5 Å². The second kappa shape index (κ2) is 6.99. The number of aromatic nitrogens is 3. The summed E-state index contributed by atoms with van der Waals surface area (Å²) in [7, 11) is 0. The Hall–Kier alpha value is -3.94. The summed E-state index contributed by atoms with van der Waals surface area (Å²) in [5.41, 5.74) is 3.30. The van der Waals surface area contributed by atoms with E-state index >= 15 is 0 Å². The lowest BCUT2D eigenvalue weighted by atomic mass is 9.97. The number of rotatable bonds is 4. The molecule has 0 unspecified atom stereocenters. The first-order valence-corrected chi connectivity index (χ1v) is 8.54. The van der Waals surface area contributed by atoms with Crippen LogP contribution in [0.15, 0.2) is 48.8 Å². The molecule has 0 atom stereocenters. The number of carbonyl (C=O) groups excluding carboxylic acids is 3. The highest BCUT2D eigenvalue weighted by molar-refractivity contribution is 6.22. The Morgan fingerprint density at radius 3 is 2.68 bits per heavy atom. The molecule has 3 heterocycles. The Labute approximate surface area is 160 Å². The molecule has 4 rings (SSSR count). The molecule has 0 saturated carbocycles. The normalized spacial score (nSPS) is 12.5. The molecule has 0 aliphatic carbocycles. The van der Waals surface area contributed by atoms with Gasteiger partial charge in [-0.15, -0.1) is 10.2 Å². The molecule has 28 heavy (non-hydrogen) atoms. The molecule has 1 aromatic carbocycles. The van der Waals surface area contributed by atoms with Crippen molar-refractivity contribution in [3.63, 3.8) is 0 Å². The van der Waals surface area contributed by atoms with Crippen molar-refractivity contribution in [3.05, 3.63) is 71.0 Å². The fourth-order valence-electron chi connectivity index (χ4n) is 3.11. The van der Waals surface area contributed by atoms with Gasteiger partial charge in [-0.05, 0) is 42.8 Å². The number of amides is 3. The Morgan fingerprint density at radius 1 is 1.11 bits per heavy atom. The van der Waals surface area contributed by atoms with Crippen molar-refractivity contribution in [3.8, 4) is 11.3 Å². The minimum atomic E-state index is -0.483. The summed E-state index contributed by atoms with van der Waals surface area (Å²) in [6.07, 6.45) is 3.28. The summed E-state index contributed by atoms with van der Waals surface area (Å²) in [6, 6.07) is 10.4. The van der Waals surface area contributed by atoms with Crippen molar-refractivity contribution in [2.24, 2.45) is 0 Å². The zero-order valence-electron chi connectivity index (χ0n) is 14.9. The fourth-order valence-corrected chi connectivity index (χ4v) is 3.11. The molecule has 0 radical (unpaired) electrons. The highest BCUT2D eigenvalue weighted by Gasteiger charge is 2.30. The minimum Gasteiger partial charge on any atom is -0.309 e. The molecule has 3 amide bonds. The maximum Gasteiger partial charge on any atom is 0.259 e. The van der Waals surface area contributed by atoms with Crippen LogP contribution in [-0.4, -0.2) is 32.9 Å². The Morgan fingerprint density at radius 2 is 1.96 bits per heavy atom. The van der Waals surface area contributed by atoms with Gasteiger partial charge in [0.1, 0.15) is 0 Å². The summed E-state index contributed by atoms with van der Waals surface area (Å²) in [5.74, 6) is -0.989. The predicted molar refractivity (Wildman–Crippen MR) is 101 cm³/mol. The lowest BCUT2D eigenvalue weighted by Crippen LogP contribution is -2.21. The molecular formula is C20H15N5O3. The van der Waals surface area contributed by atoms with Gasteiger partial charge in [-0.1, -0.05) is 11.6 Å². The van der Waals surface area contributed by atoms with Gasteiger partial charge in [-0.3, -0.25) is 24.7 Å². The first-order valence-electron chi connectivity index (χ1n) is 8.54. The van der Waals surface area contributed by atoms with E-state index in [9.17, 15) is 14.4 Å². The van der Waals surface area contributed by atoms with E-state index in [4.69, 9.17) is 0 Å². The van der Waals surface area contributed by atoms with E-state index in [1.807, 2.05) is 6.07 Å². The van der Waals surface area contributed by atoms with E-state index in [2.05, 4.69) is 25.8 Å². The number of hydrogen-bond acceptors (Lipinski definition) is 6. The molecule has 3 aromatic rings. The third-order valence-corrected chi connectivity index (χ3v) is 4.30. The first-order chi connectivity index (χ1) is 13.5. The molecule has 8 heteroatoms. The van der Waals surface area contributed by atoms with Crippen molar-refractivity contribution < 1.29 is 14.4 Å². The van der Waals surface area contributed by atoms with Crippen LogP contribution >= 0.6 is 0 Å². The largest absolute Gasteiger partial charge is 0.309 e. The summed E-state index contributed by atoms with van der Waals surface area (Å²) in [5, 5.41) is 13.0. The highest BCUT2D eigenvalue weighted by Crippen LogP contribution is 2.23. The standard InChI is InChI=1S/C20H15N5O3/c1-11-7-13(18-14(8-11)19(27)23-20(18)28)9-17(26)22-16-5-4-15(24-25-16)12-3-2-6-21-10-12/h2-8,10H,9H2,1H3,(H,22,25,26)(H,23,27,28). The van der Waals surface area contributed by atoms with Crippen LogP contribution in [0.5, 0.6) is 0 Å². The van der Waals surface area contributed by atoms with Gasteiger partial charge in [0.25, 0.3) is 11.8 Å². The zero-order valence-corrected chi connectivity index (χ0v) is 14.9. The van der Waals surface area contributed by atoms with E-state index in [-0.39, 0.29) is 17.9 Å². The fraction of sp³-hybridized carbons (Fsp3) is 0.100. The van der Waals surface area contributed by atoms with Crippen molar-refractivity contribution >= 4 is 23.5 Å².